The molecular weight excluding hydrogens is 400 g/mol. The zero-order valence-corrected chi connectivity index (χ0v) is 18.9. The van der Waals surface area contributed by atoms with Crippen molar-refractivity contribution in [1.82, 2.24) is 19.4 Å². The molecule has 7 nitrogen and oxygen atoms in total. The second-order valence-corrected chi connectivity index (χ2v) is 9.53. The number of hydrogen-bond donors (Lipinski definition) is 0. The van der Waals surface area contributed by atoms with E-state index in [1.54, 1.807) is 24.0 Å². The van der Waals surface area contributed by atoms with Crippen LogP contribution in [0, 0.1) is 5.92 Å². The number of hydrogen-bond acceptors (Lipinski definition) is 6. The number of amides is 1. The molecule has 4 rings (SSSR count). The largest absolute Gasteiger partial charge is 0.455 e. The SMILES string of the molecule is CC1CN(CC2CCN(C(=O)c3ccc(CSc4nccn4C)o3)CC2)CC(C)O1. The number of aromatic nitrogens is 2. The summed E-state index contributed by atoms with van der Waals surface area (Å²) in [6.07, 6.45) is 6.41. The van der Waals surface area contributed by atoms with Gasteiger partial charge in [0.15, 0.2) is 10.9 Å². The van der Waals surface area contributed by atoms with E-state index in [2.05, 4.69) is 23.7 Å². The quantitative estimate of drug-likeness (QED) is 0.653. The van der Waals surface area contributed by atoms with Crippen molar-refractivity contribution in [2.75, 3.05) is 32.7 Å². The molecular formula is C22H32N4O3S. The number of ether oxygens (including phenoxy) is 1. The number of nitrogens with zero attached hydrogens (tertiary/aromatic N) is 4. The van der Waals surface area contributed by atoms with Crippen molar-refractivity contribution in [1.29, 1.82) is 0 Å². The minimum absolute atomic E-state index is 0.00955. The van der Waals surface area contributed by atoms with Crippen LogP contribution in [0.2, 0.25) is 0 Å². The third-order valence-corrected chi connectivity index (χ3v) is 6.99. The number of likely N-dealkylation sites (tertiary alicyclic amines) is 1. The highest BCUT2D eigenvalue weighted by Crippen LogP contribution is 2.25. The highest BCUT2D eigenvalue weighted by Gasteiger charge is 2.29. The van der Waals surface area contributed by atoms with E-state index in [1.165, 1.54) is 0 Å². The van der Waals surface area contributed by atoms with E-state index >= 15 is 0 Å². The summed E-state index contributed by atoms with van der Waals surface area (Å²) in [5, 5.41) is 0.936. The number of thioether (sulfide) groups is 1. The predicted molar refractivity (Wildman–Crippen MR) is 117 cm³/mol. The van der Waals surface area contributed by atoms with Gasteiger partial charge in [0, 0.05) is 52.2 Å². The first-order valence-electron chi connectivity index (χ1n) is 10.8. The number of imidazole rings is 1. The van der Waals surface area contributed by atoms with Gasteiger partial charge in [0.1, 0.15) is 5.76 Å². The van der Waals surface area contributed by atoms with Crippen molar-refractivity contribution >= 4 is 17.7 Å². The van der Waals surface area contributed by atoms with E-state index in [1.807, 2.05) is 28.8 Å². The fourth-order valence-electron chi connectivity index (χ4n) is 4.47. The van der Waals surface area contributed by atoms with Crippen LogP contribution in [0.1, 0.15) is 43.0 Å². The second kappa shape index (κ2) is 9.58. The lowest BCUT2D eigenvalue weighted by Gasteiger charge is -2.39. The molecule has 0 aliphatic carbocycles. The van der Waals surface area contributed by atoms with Crippen molar-refractivity contribution in [3.8, 4) is 0 Å². The van der Waals surface area contributed by atoms with E-state index < -0.39 is 0 Å². The Morgan fingerprint density at radius 1 is 1.20 bits per heavy atom. The van der Waals surface area contributed by atoms with Crippen LogP contribution < -0.4 is 0 Å². The van der Waals surface area contributed by atoms with Crippen LogP contribution >= 0.6 is 11.8 Å². The Morgan fingerprint density at radius 3 is 2.60 bits per heavy atom. The molecule has 2 unspecified atom stereocenters. The summed E-state index contributed by atoms with van der Waals surface area (Å²) < 4.78 is 13.6. The first-order valence-corrected chi connectivity index (χ1v) is 11.8. The number of furan rings is 1. The highest BCUT2D eigenvalue weighted by molar-refractivity contribution is 7.98. The van der Waals surface area contributed by atoms with E-state index in [9.17, 15) is 4.79 Å². The van der Waals surface area contributed by atoms with E-state index in [-0.39, 0.29) is 5.91 Å². The van der Waals surface area contributed by atoms with Gasteiger partial charge in [-0.2, -0.15) is 0 Å². The number of carbonyl (C=O) groups excluding carboxylic acids is 1. The Balaban J connectivity index is 1.24. The molecule has 0 bridgehead atoms. The lowest BCUT2D eigenvalue weighted by Crippen LogP contribution is -2.48. The van der Waals surface area contributed by atoms with Crippen molar-refractivity contribution < 1.29 is 13.9 Å². The molecule has 0 saturated carbocycles. The minimum Gasteiger partial charge on any atom is -0.455 e. The first kappa shape index (κ1) is 21.5. The van der Waals surface area contributed by atoms with Crippen molar-refractivity contribution in [2.45, 2.75) is 49.8 Å². The molecule has 0 radical (unpaired) electrons. The topological polar surface area (TPSA) is 63.7 Å². The van der Waals surface area contributed by atoms with E-state index in [0.717, 1.165) is 56.5 Å². The maximum atomic E-state index is 12.9. The molecule has 1 amide bonds. The van der Waals surface area contributed by atoms with Crippen LogP contribution in [0.25, 0.3) is 0 Å². The van der Waals surface area contributed by atoms with Gasteiger partial charge in [-0.3, -0.25) is 9.69 Å². The van der Waals surface area contributed by atoms with Gasteiger partial charge in [-0.1, -0.05) is 11.8 Å². The molecule has 0 N–H and O–H groups in total. The maximum absolute atomic E-state index is 12.9. The predicted octanol–water partition coefficient (Wildman–Crippen LogP) is 3.27. The zero-order valence-electron chi connectivity index (χ0n) is 18.1. The molecule has 0 aromatic carbocycles. The fourth-order valence-corrected chi connectivity index (χ4v) is 5.30. The van der Waals surface area contributed by atoms with Gasteiger partial charge < -0.3 is 18.6 Å². The van der Waals surface area contributed by atoms with Gasteiger partial charge in [-0.05, 0) is 44.7 Å². The molecule has 0 spiro atoms. The smallest absolute Gasteiger partial charge is 0.289 e. The molecule has 2 aromatic heterocycles. The summed E-state index contributed by atoms with van der Waals surface area (Å²) in [7, 11) is 1.97. The third kappa shape index (κ3) is 5.28. The van der Waals surface area contributed by atoms with E-state index in [0.29, 0.717) is 29.6 Å². The minimum atomic E-state index is 0.00955. The molecule has 164 valence electrons. The van der Waals surface area contributed by atoms with Crippen molar-refractivity contribution in [3.63, 3.8) is 0 Å². The summed E-state index contributed by atoms with van der Waals surface area (Å²) in [6, 6.07) is 3.70. The van der Waals surface area contributed by atoms with Gasteiger partial charge in [0.05, 0.1) is 18.0 Å². The number of rotatable bonds is 6. The van der Waals surface area contributed by atoms with Gasteiger partial charge in [-0.15, -0.1) is 0 Å². The number of aryl methyl sites for hydroxylation is 1. The summed E-state index contributed by atoms with van der Waals surface area (Å²) in [5.41, 5.74) is 0. The molecule has 2 aliphatic rings. The molecule has 8 heteroatoms. The number of piperidine rings is 1. The third-order valence-electron chi connectivity index (χ3n) is 5.91. The Morgan fingerprint density at radius 2 is 1.93 bits per heavy atom. The average Bonchev–Trinajstić information content (AvgIpc) is 3.34. The summed E-state index contributed by atoms with van der Waals surface area (Å²) >= 11 is 1.60. The van der Waals surface area contributed by atoms with Gasteiger partial charge in [0.25, 0.3) is 5.91 Å². The molecule has 2 aliphatic heterocycles. The van der Waals surface area contributed by atoms with Gasteiger partial charge >= 0.3 is 0 Å². The average molecular weight is 433 g/mol. The van der Waals surface area contributed by atoms with Gasteiger partial charge in [-0.25, -0.2) is 4.98 Å². The molecule has 4 heterocycles. The van der Waals surface area contributed by atoms with Crippen LogP contribution in [0.4, 0.5) is 0 Å². The Kier molecular flexibility index (Phi) is 6.85. The van der Waals surface area contributed by atoms with Crippen LogP contribution in [0.5, 0.6) is 0 Å². The van der Waals surface area contributed by atoms with Crippen LogP contribution in [0.15, 0.2) is 34.1 Å². The summed E-state index contributed by atoms with van der Waals surface area (Å²) in [5.74, 6) is 2.57. The fraction of sp³-hybridized carbons (Fsp3) is 0.636. The molecule has 2 atom stereocenters. The normalized spacial score (nSPS) is 23.8. The Bertz CT molecular complexity index is 833. The van der Waals surface area contributed by atoms with Crippen LogP contribution in [-0.4, -0.2) is 70.2 Å². The van der Waals surface area contributed by atoms with Crippen molar-refractivity contribution in [3.05, 3.63) is 36.0 Å². The van der Waals surface area contributed by atoms with Gasteiger partial charge in [0.2, 0.25) is 0 Å². The number of morpholine rings is 1. The van der Waals surface area contributed by atoms with E-state index in [4.69, 9.17) is 9.15 Å². The zero-order chi connectivity index (χ0) is 21.1. The Hall–Kier alpha value is -1.77. The first-order chi connectivity index (χ1) is 14.5. The molecule has 30 heavy (non-hydrogen) atoms. The Labute approximate surface area is 182 Å². The molecule has 2 fully saturated rings. The molecule has 2 saturated heterocycles. The monoisotopic (exact) mass is 432 g/mol. The maximum Gasteiger partial charge on any atom is 0.289 e. The second-order valence-electron chi connectivity index (χ2n) is 8.59. The van der Waals surface area contributed by atoms with Crippen molar-refractivity contribution in [2.24, 2.45) is 13.0 Å². The lowest BCUT2D eigenvalue weighted by molar-refractivity contribution is -0.0729. The molecule has 2 aromatic rings. The summed E-state index contributed by atoms with van der Waals surface area (Å²) in [4.78, 5) is 21.6. The van der Waals surface area contributed by atoms with Crippen LogP contribution in [-0.2, 0) is 17.5 Å². The lowest BCUT2D eigenvalue weighted by atomic mass is 9.95. The number of carbonyl (C=O) groups is 1. The standard InChI is InChI=1S/C22H32N4O3S/c1-16-12-25(13-17(2)28-16)14-18-6-9-26(10-7-18)21(27)20-5-4-19(29-20)15-30-22-23-8-11-24(22)3/h4-5,8,11,16-18H,6-7,9-10,12-15H2,1-3H3. The summed E-state index contributed by atoms with van der Waals surface area (Å²) in [6.45, 7) is 9.03. The van der Waals surface area contributed by atoms with Crippen LogP contribution in [0.3, 0.4) is 0 Å². The highest BCUT2D eigenvalue weighted by atomic mass is 32.2.